The minimum Gasteiger partial charge on any atom is -0.530 e. The summed E-state index contributed by atoms with van der Waals surface area (Å²) < 4.78 is 1.11. The standard InChI is InChI=1S/C25H48N2O3/c1-2-3-4-5-6-7-8-9-10-11-12-13-14-15-16-17-21-26(25(28)29)23-20-24-19-18-22-27(24)30/h24H,2-23H2,1H3. The molecule has 0 aromatic heterocycles. The fourth-order valence-electron chi connectivity index (χ4n) is 4.55. The molecule has 1 amide bonds. The molecule has 1 aliphatic rings. The average Bonchev–Trinajstić information content (AvgIpc) is 3.14. The maximum absolute atomic E-state index is 11.6. The van der Waals surface area contributed by atoms with Crippen molar-refractivity contribution in [3.8, 4) is 0 Å². The van der Waals surface area contributed by atoms with Crippen LogP contribution in [-0.2, 0) is 0 Å². The second-order valence-corrected chi connectivity index (χ2v) is 9.28. The number of amides is 1. The Balaban J connectivity index is 1.86. The molecule has 1 fully saturated rings. The van der Waals surface area contributed by atoms with Gasteiger partial charge in [0, 0.05) is 42.0 Å². The highest BCUT2D eigenvalue weighted by Crippen LogP contribution is 2.16. The second kappa shape index (κ2) is 18.6. The minimum absolute atomic E-state index is 0.00218. The molecule has 5 nitrogen and oxygen atoms in total. The molecular formula is C25H48N2O3. The van der Waals surface area contributed by atoms with Crippen LogP contribution < -0.4 is 5.11 Å². The van der Waals surface area contributed by atoms with E-state index >= 15 is 0 Å². The molecule has 0 aliphatic carbocycles. The average molecular weight is 425 g/mol. The number of carbonyl (C=O) groups is 1. The smallest absolute Gasteiger partial charge is 0.203 e. The molecule has 0 saturated carbocycles. The topological polar surface area (TPSA) is 63.5 Å². The van der Waals surface area contributed by atoms with Crippen LogP contribution in [0.15, 0.2) is 0 Å². The maximum atomic E-state index is 11.6. The molecule has 0 radical (unpaired) electrons. The van der Waals surface area contributed by atoms with Gasteiger partial charge in [-0.2, -0.15) is 0 Å². The van der Waals surface area contributed by atoms with E-state index in [1.165, 1.54) is 94.8 Å². The van der Waals surface area contributed by atoms with E-state index in [1.807, 2.05) is 0 Å². The van der Waals surface area contributed by atoms with Crippen molar-refractivity contribution in [3.05, 3.63) is 4.91 Å². The van der Waals surface area contributed by atoms with E-state index in [0.717, 1.165) is 30.4 Å². The molecule has 0 aromatic rings. The molecule has 1 rings (SSSR count). The van der Waals surface area contributed by atoms with Crippen LogP contribution in [0, 0.1) is 4.91 Å². The van der Waals surface area contributed by atoms with Gasteiger partial charge in [-0.3, -0.25) is 0 Å². The van der Waals surface area contributed by atoms with E-state index in [2.05, 4.69) is 6.92 Å². The molecule has 30 heavy (non-hydrogen) atoms. The monoisotopic (exact) mass is 424 g/mol. The van der Waals surface area contributed by atoms with Crippen LogP contribution in [0.5, 0.6) is 0 Å². The van der Waals surface area contributed by atoms with Gasteiger partial charge in [-0.15, -0.1) is 0 Å². The minimum atomic E-state index is -1.09. The molecule has 1 unspecified atom stereocenters. The van der Waals surface area contributed by atoms with Crippen LogP contribution in [-0.4, -0.2) is 41.4 Å². The van der Waals surface area contributed by atoms with Gasteiger partial charge in [0.15, 0.2) is 6.54 Å². The molecule has 0 bridgehead atoms. The Bertz CT molecular complexity index is 442. The van der Waals surface area contributed by atoms with Gasteiger partial charge in [0.05, 0.1) is 0 Å². The molecule has 0 spiro atoms. The molecular weight excluding hydrogens is 376 g/mol. The summed E-state index contributed by atoms with van der Waals surface area (Å²) in [6.07, 6.45) is 22.4. The summed E-state index contributed by atoms with van der Waals surface area (Å²) in [6, 6.07) is -0.00218. The van der Waals surface area contributed by atoms with E-state index in [-0.39, 0.29) is 6.04 Å². The highest BCUT2D eigenvalue weighted by Gasteiger charge is 2.31. The first-order valence-electron chi connectivity index (χ1n) is 13.0. The van der Waals surface area contributed by atoms with Crippen molar-refractivity contribution < 1.29 is 14.7 Å². The third-order valence-electron chi connectivity index (χ3n) is 6.60. The summed E-state index contributed by atoms with van der Waals surface area (Å²) in [5.74, 6) is 0. The van der Waals surface area contributed by atoms with Crippen LogP contribution in [0.25, 0.3) is 0 Å². The zero-order chi connectivity index (χ0) is 21.9. The highest BCUT2D eigenvalue weighted by atomic mass is 16.4. The highest BCUT2D eigenvalue weighted by molar-refractivity contribution is 5.62. The Morgan fingerprint density at radius 1 is 0.800 bits per heavy atom. The first-order chi connectivity index (χ1) is 14.6. The van der Waals surface area contributed by atoms with Crippen molar-refractivity contribution in [1.82, 2.24) is 4.90 Å². The van der Waals surface area contributed by atoms with Crippen molar-refractivity contribution in [2.45, 2.75) is 135 Å². The summed E-state index contributed by atoms with van der Waals surface area (Å²) in [6.45, 7) is 3.85. The second-order valence-electron chi connectivity index (χ2n) is 9.28. The molecule has 1 aliphatic heterocycles. The fraction of sp³-hybridized carbons (Fsp3) is 0.960. The third-order valence-corrected chi connectivity index (χ3v) is 6.60. The molecule has 0 aromatic carbocycles. The molecule has 1 heterocycles. The van der Waals surface area contributed by atoms with Gasteiger partial charge in [-0.05, 0) is 6.42 Å². The Morgan fingerprint density at radius 2 is 1.27 bits per heavy atom. The van der Waals surface area contributed by atoms with Crippen LogP contribution in [0.3, 0.4) is 0 Å². The van der Waals surface area contributed by atoms with Crippen molar-refractivity contribution in [3.63, 3.8) is 0 Å². The molecule has 1 atom stereocenters. The summed E-state index contributed by atoms with van der Waals surface area (Å²) >= 11 is 0. The van der Waals surface area contributed by atoms with Crippen LogP contribution in [0.2, 0.25) is 0 Å². The Kier molecular flexibility index (Phi) is 16.7. The lowest BCUT2D eigenvalue weighted by Crippen LogP contribution is -2.43. The summed E-state index contributed by atoms with van der Waals surface area (Å²) in [5.41, 5.74) is 0. The van der Waals surface area contributed by atoms with Crippen LogP contribution in [0.1, 0.15) is 129 Å². The van der Waals surface area contributed by atoms with Gasteiger partial charge in [-0.25, -0.2) is 0 Å². The fourth-order valence-corrected chi connectivity index (χ4v) is 4.55. The predicted octanol–water partition coefficient (Wildman–Crippen LogP) is 6.22. The Morgan fingerprint density at radius 3 is 1.67 bits per heavy atom. The van der Waals surface area contributed by atoms with E-state index in [0.29, 0.717) is 26.1 Å². The predicted molar refractivity (Wildman–Crippen MR) is 123 cm³/mol. The van der Waals surface area contributed by atoms with Crippen molar-refractivity contribution in [1.29, 1.82) is 0 Å². The van der Waals surface area contributed by atoms with Gasteiger partial charge in [0.1, 0.15) is 6.09 Å². The number of carbonyl (C=O) groups excluding carboxylic acids is 1. The van der Waals surface area contributed by atoms with E-state index < -0.39 is 6.09 Å². The first-order valence-corrected chi connectivity index (χ1v) is 13.0. The normalized spacial score (nSPS) is 16.3. The lowest BCUT2D eigenvalue weighted by atomic mass is 10.0. The Labute approximate surface area is 185 Å². The van der Waals surface area contributed by atoms with Gasteiger partial charge < -0.3 is 14.8 Å². The van der Waals surface area contributed by atoms with Gasteiger partial charge in [0.25, 0.3) is 0 Å². The first kappa shape index (κ1) is 26.9. The quantitative estimate of drug-likeness (QED) is 0.172. The number of rotatable bonds is 20. The molecule has 176 valence electrons. The van der Waals surface area contributed by atoms with Crippen LogP contribution >= 0.6 is 0 Å². The number of carboxylic acid groups (broad SMARTS) is 1. The Hall–Kier alpha value is -1.13. The number of hydrogen-bond acceptors (Lipinski definition) is 3. The lowest BCUT2D eigenvalue weighted by Gasteiger charge is -2.25. The summed E-state index contributed by atoms with van der Waals surface area (Å²) in [7, 11) is 0. The van der Waals surface area contributed by atoms with Crippen molar-refractivity contribution in [2.75, 3.05) is 19.6 Å². The molecule has 1 saturated heterocycles. The number of unbranched alkanes of at least 4 members (excludes halogenated alkanes) is 15. The van der Waals surface area contributed by atoms with Gasteiger partial charge in [-0.1, -0.05) is 103 Å². The summed E-state index contributed by atoms with van der Waals surface area (Å²) in [4.78, 5) is 24.3. The third kappa shape index (κ3) is 14.0. The zero-order valence-corrected chi connectivity index (χ0v) is 19.8. The number of hydrogen-bond donors (Lipinski definition) is 0. The largest absolute Gasteiger partial charge is 0.530 e. The van der Waals surface area contributed by atoms with Crippen molar-refractivity contribution >= 4 is 6.09 Å². The zero-order valence-electron chi connectivity index (χ0n) is 19.8. The number of nitrogens with zero attached hydrogens (tertiary/aromatic N) is 2. The van der Waals surface area contributed by atoms with Gasteiger partial charge in [0.2, 0.25) is 6.04 Å². The van der Waals surface area contributed by atoms with E-state index in [9.17, 15) is 14.8 Å². The molecule has 5 heteroatoms. The van der Waals surface area contributed by atoms with Crippen LogP contribution in [0.4, 0.5) is 4.79 Å². The maximum Gasteiger partial charge on any atom is 0.203 e. The lowest BCUT2D eigenvalue weighted by molar-refractivity contribution is -0.565. The number of nitroso groups, excluding NO2 is 1. The van der Waals surface area contributed by atoms with Gasteiger partial charge >= 0.3 is 0 Å². The SMILES string of the molecule is CCCCCCCCCCCCCCCCCCN(CCC1CCC[N+]1=O)C(=O)[O-]. The van der Waals surface area contributed by atoms with Crippen molar-refractivity contribution in [2.24, 2.45) is 0 Å². The summed E-state index contributed by atoms with van der Waals surface area (Å²) in [5, 5.41) is 11.3. The molecule has 0 N–H and O–H groups in total. The van der Waals surface area contributed by atoms with E-state index in [1.54, 1.807) is 0 Å². The van der Waals surface area contributed by atoms with E-state index in [4.69, 9.17) is 0 Å².